The lowest BCUT2D eigenvalue weighted by Gasteiger charge is -2.09. The number of nitrogens with zero attached hydrogens (tertiary/aromatic N) is 3. The average molecular weight is 358 g/mol. The summed E-state index contributed by atoms with van der Waals surface area (Å²) >= 11 is 3.07. The van der Waals surface area contributed by atoms with Crippen molar-refractivity contribution < 1.29 is 4.79 Å². The highest BCUT2D eigenvalue weighted by molar-refractivity contribution is 8.00. The van der Waals surface area contributed by atoms with E-state index in [4.69, 9.17) is 0 Å². The van der Waals surface area contributed by atoms with Gasteiger partial charge in [-0.15, -0.1) is 16.4 Å². The second-order valence-electron chi connectivity index (χ2n) is 5.19. The molecule has 0 aliphatic rings. The Labute approximate surface area is 149 Å². The molecule has 0 radical (unpaired) electrons. The standard InChI is InChI=1S/C17H18N4OS2/c1-13(16(22)18-10-9-15-8-5-11-23-15)24-17-19-12-21(20-17)14-6-3-2-4-7-14/h2-8,11-13H,9-10H2,1H3,(H,18,22). The molecule has 5 nitrogen and oxygen atoms in total. The van der Waals surface area contributed by atoms with Crippen LogP contribution in [-0.2, 0) is 11.2 Å². The summed E-state index contributed by atoms with van der Waals surface area (Å²) < 4.78 is 1.71. The molecule has 2 aromatic heterocycles. The van der Waals surface area contributed by atoms with Crippen LogP contribution in [0.25, 0.3) is 5.69 Å². The van der Waals surface area contributed by atoms with Crippen molar-refractivity contribution >= 4 is 29.0 Å². The molecule has 2 heterocycles. The Morgan fingerprint density at radius 1 is 1.29 bits per heavy atom. The normalized spacial score (nSPS) is 12.0. The van der Waals surface area contributed by atoms with Gasteiger partial charge in [-0.3, -0.25) is 4.79 Å². The molecule has 1 aromatic carbocycles. The third-order valence-electron chi connectivity index (χ3n) is 3.39. The maximum atomic E-state index is 12.2. The predicted molar refractivity (Wildman–Crippen MR) is 97.7 cm³/mol. The number of thiophene rings is 1. The van der Waals surface area contributed by atoms with E-state index in [9.17, 15) is 4.79 Å². The van der Waals surface area contributed by atoms with Crippen LogP contribution in [0.5, 0.6) is 0 Å². The number of hydrogen-bond acceptors (Lipinski definition) is 5. The fourth-order valence-corrected chi connectivity index (χ4v) is 3.58. The minimum Gasteiger partial charge on any atom is -0.355 e. The van der Waals surface area contributed by atoms with Crippen molar-refractivity contribution in [2.24, 2.45) is 0 Å². The van der Waals surface area contributed by atoms with Gasteiger partial charge in [-0.05, 0) is 36.9 Å². The molecule has 1 unspecified atom stereocenters. The van der Waals surface area contributed by atoms with Crippen LogP contribution >= 0.6 is 23.1 Å². The van der Waals surface area contributed by atoms with Crippen LogP contribution in [0.15, 0.2) is 59.3 Å². The summed E-state index contributed by atoms with van der Waals surface area (Å²) in [6.07, 6.45) is 2.53. The van der Waals surface area contributed by atoms with Gasteiger partial charge in [0.15, 0.2) is 0 Å². The summed E-state index contributed by atoms with van der Waals surface area (Å²) in [6, 6.07) is 13.9. The molecular weight excluding hydrogens is 340 g/mol. The molecule has 124 valence electrons. The minimum absolute atomic E-state index is 0.00705. The van der Waals surface area contributed by atoms with E-state index in [1.807, 2.05) is 48.7 Å². The maximum Gasteiger partial charge on any atom is 0.233 e. The molecule has 0 aliphatic carbocycles. The lowest BCUT2D eigenvalue weighted by atomic mass is 10.3. The molecule has 24 heavy (non-hydrogen) atoms. The Hall–Kier alpha value is -2.12. The summed E-state index contributed by atoms with van der Waals surface area (Å²) in [5, 5.41) is 9.78. The van der Waals surface area contributed by atoms with Crippen molar-refractivity contribution in [1.29, 1.82) is 0 Å². The van der Waals surface area contributed by atoms with Gasteiger partial charge < -0.3 is 5.32 Å². The van der Waals surface area contributed by atoms with Gasteiger partial charge in [-0.25, -0.2) is 9.67 Å². The highest BCUT2D eigenvalue weighted by atomic mass is 32.2. The Bertz CT molecular complexity index is 771. The number of aromatic nitrogens is 3. The molecule has 1 amide bonds. The van der Waals surface area contributed by atoms with Crippen molar-refractivity contribution in [2.45, 2.75) is 23.8 Å². The van der Waals surface area contributed by atoms with Crippen molar-refractivity contribution in [3.63, 3.8) is 0 Å². The lowest BCUT2D eigenvalue weighted by Crippen LogP contribution is -2.32. The summed E-state index contributed by atoms with van der Waals surface area (Å²) in [4.78, 5) is 17.7. The SMILES string of the molecule is CC(Sc1ncn(-c2ccccc2)n1)C(=O)NCCc1cccs1. The highest BCUT2D eigenvalue weighted by Crippen LogP contribution is 2.20. The summed E-state index contributed by atoms with van der Waals surface area (Å²) in [5.41, 5.74) is 0.949. The van der Waals surface area contributed by atoms with Crippen LogP contribution in [0.4, 0.5) is 0 Å². The monoisotopic (exact) mass is 358 g/mol. The number of carbonyl (C=O) groups is 1. The second kappa shape index (κ2) is 8.12. The Morgan fingerprint density at radius 3 is 2.88 bits per heavy atom. The zero-order chi connectivity index (χ0) is 16.8. The van der Waals surface area contributed by atoms with Crippen molar-refractivity contribution in [3.05, 3.63) is 59.0 Å². The zero-order valence-electron chi connectivity index (χ0n) is 13.3. The number of amides is 1. The molecular formula is C17H18N4OS2. The minimum atomic E-state index is -0.236. The Kier molecular flexibility index (Phi) is 5.66. The first-order valence-electron chi connectivity index (χ1n) is 7.66. The van der Waals surface area contributed by atoms with Gasteiger partial charge in [0.25, 0.3) is 0 Å². The van der Waals surface area contributed by atoms with Crippen LogP contribution in [0.1, 0.15) is 11.8 Å². The number of para-hydroxylation sites is 1. The molecule has 0 spiro atoms. The van der Waals surface area contributed by atoms with E-state index in [1.165, 1.54) is 16.6 Å². The molecule has 1 N–H and O–H groups in total. The Balaban J connectivity index is 1.50. The number of rotatable bonds is 7. The topological polar surface area (TPSA) is 59.8 Å². The van der Waals surface area contributed by atoms with E-state index >= 15 is 0 Å². The molecule has 3 aromatic rings. The number of thioether (sulfide) groups is 1. The van der Waals surface area contributed by atoms with Crippen LogP contribution < -0.4 is 5.32 Å². The first-order valence-corrected chi connectivity index (χ1v) is 9.42. The highest BCUT2D eigenvalue weighted by Gasteiger charge is 2.16. The van der Waals surface area contributed by atoms with Gasteiger partial charge in [-0.1, -0.05) is 36.0 Å². The Morgan fingerprint density at radius 2 is 2.12 bits per heavy atom. The molecule has 0 saturated carbocycles. The first kappa shape index (κ1) is 16.7. The van der Waals surface area contributed by atoms with E-state index in [0.717, 1.165) is 12.1 Å². The van der Waals surface area contributed by atoms with E-state index in [0.29, 0.717) is 11.7 Å². The predicted octanol–water partition coefficient (Wildman–Crippen LogP) is 3.17. The van der Waals surface area contributed by atoms with Gasteiger partial charge in [0.1, 0.15) is 6.33 Å². The van der Waals surface area contributed by atoms with Gasteiger partial charge in [0.05, 0.1) is 10.9 Å². The van der Waals surface area contributed by atoms with Gasteiger partial charge in [-0.2, -0.15) is 0 Å². The van der Waals surface area contributed by atoms with Crippen LogP contribution in [0.3, 0.4) is 0 Å². The molecule has 0 aliphatic heterocycles. The van der Waals surface area contributed by atoms with Crippen LogP contribution in [-0.4, -0.2) is 32.5 Å². The molecule has 0 saturated heterocycles. The molecule has 7 heteroatoms. The maximum absolute atomic E-state index is 12.2. The third kappa shape index (κ3) is 4.46. The number of hydrogen-bond donors (Lipinski definition) is 1. The molecule has 0 fully saturated rings. The molecule has 0 bridgehead atoms. The summed E-state index contributed by atoms with van der Waals surface area (Å²) in [5.74, 6) is 0.00705. The zero-order valence-corrected chi connectivity index (χ0v) is 14.9. The average Bonchev–Trinajstić information content (AvgIpc) is 3.27. The largest absolute Gasteiger partial charge is 0.355 e. The summed E-state index contributed by atoms with van der Waals surface area (Å²) in [6.45, 7) is 2.52. The molecule has 3 rings (SSSR count). The van der Waals surface area contributed by atoms with Gasteiger partial charge >= 0.3 is 0 Å². The second-order valence-corrected chi connectivity index (χ2v) is 7.53. The van der Waals surface area contributed by atoms with E-state index in [1.54, 1.807) is 22.3 Å². The van der Waals surface area contributed by atoms with E-state index in [2.05, 4.69) is 21.5 Å². The van der Waals surface area contributed by atoms with E-state index in [-0.39, 0.29) is 11.2 Å². The van der Waals surface area contributed by atoms with Crippen molar-refractivity contribution in [3.8, 4) is 5.69 Å². The smallest absolute Gasteiger partial charge is 0.233 e. The van der Waals surface area contributed by atoms with Crippen LogP contribution in [0, 0.1) is 0 Å². The quantitative estimate of drug-likeness (QED) is 0.659. The first-order chi connectivity index (χ1) is 11.7. The number of carbonyl (C=O) groups excluding carboxylic acids is 1. The van der Waals surface area contributed by atoms with Crippen LogP contribution in [0.2, 0.25) is 0 Å². The van der Waals surface area contributed by atoms with Gasteiger partial charge in [0, 0.05) is 11.4 Å². The number of benzene rings is 1. The van der Waals surface area contributed by atoms with E-state index < -0.39 is 0 Å². The van der Waals surface area contributed by atoms with Crippen molar-refractivity contribution in [2.75, 3.05) is 6.54 Å². The van der Waals surface area contributed by atoms with Crippen molar-refractivity contribution in [1.82, 2.24) is 20.1 Å². The van der Waals surface area contributed by atoms with Gasteiger partial charge in [0.2, 0.25) is 11.1 Å². The lowest BCUT2D eigenvalue weighted by molar-refractivity contribution is -0.120. The fraction of sp³-hybridized carbons (Fsp3) is 0.235. The fourth-order valence-electron chi connectivity index (χ4n) is 2.13. The third-order valence-corrected chi connectivity index (χ3v) is 5.30. The summed E-state index contributed by atoms with van der Waals surface area (Å²) in [7, 11) is 0. The molecule has 1 atom stereocenters. The number of nitrogens with one attached hydrogen (secondary N) is 1.